The monoisotopic (exact) mass is 318 g/mol. The van der Waals surface area contributed by atoms with Gasteiger partial charge in [0.15, 0.2) is 5.82 Å². The number of hydrogen-bond acceptors (Lipinski definition) is 6. The van der Waals surface area contributed by atoms with Gasteiger partial charge in [-0.2, -0.15) is 4.80 Å². The molecule has 0 aliphatic rings. The maximum absolute atomic E-state index is 12.5. The molecule has 3 rings (SSSR count). The van der Waals surface area contributed by atoms with Gasteiger partial charge in [0.2, 0.25) is 0 Å². The fourth-order valence-electron chi connectivity index (χ4n) is 2.04. The fourth-order valence-corrected chi connectivity index (χ4v) is 2.97. The highest BCUT2D eigenvalue weighted by molar-refractivity contribution is 7.18. The topological polar surface area (TPSA) is 78.5 Å². The molecule has 3 aromatic rings. The number of hydrogen-bond donors (Lipinski definition) is 0. The van der Waals surface area contributed by atoms with Crippen molar-refractivity contribution >= 4 is 21.6 Å². The molecule has 0 unspecified atom stereocenters. The highest BCUT2D eigenvalue weighted by atomic mass is 32.1. The van der Waals surface area contributed by atoms with Crippen molar-refractivity contribution in [3.8, 4) is 0 Å². The van der Waals surface area contributed by atoms with Gasteiger partial charge in [0.1, 0.15) is 4.83 Å². The van der Waals surface area contributed by atoms with Crippen LogP contribution in [0.4, 0.5) is 0 Å². The molecular formula is C14H18N6OS. The van der Waals surface area contributed by atoms with Gasteiger partial charge < -0.3 is 0 Å². The second-order valence-corrected chi connectivity index (χ2v) is 7.24. The fraction of sp³-hybridized carbons (Fsp3) is 0.500. The second kappa shape index (κ2) is 5.28. The van der Waals surface area contributed by atoms with E-state index in [0.717, 1.165) is 16.1 Å². The first-order chi connectivity index (χ1) is 10.4. The summed E-state index contributed by atoms with van der Waals surface area (Å²) >= 11 is 1.56. The lowest BCUT2D eigenvalue weighted by Crippen LogP contribution is -2.25. The third-order valence-electron chi connectivity index (χ3n) is 3.28. The first-order valence-electron chi connectivity index (χ1n) is 7.15. The lowest BCUT2D eigenvalue weighted by Gasteiger charge is -2.15. The molecule has 0 fully saturated rings. The van der Waals surface area contributed by atoms with Gasteiger partial charge in [0.05, 0.1) is 23.8 Å². The van der Waals surface area contributed by atoms with Crippen molar-refractivity contribution in [1.29, 1.82) is 0 Å². The van der Waals surface area contributed by atoms with Crippen LogP contribution in [0.25, 0.3) is 10.2 Å². The summed E-state index contributed by atoms with van der Waals surface area (Å²) in [6.07, 6.45) is 2.46. The van der Waals surface area contributed by atoms with E-state index in [-0.39, 0.29) is 17.6 Å². The van der Waals surface area contributed by atoms with Gasteiger partial charge in [-0.15, -0.1) is 21.5 Å². The maximum atomic E-state index is 12.5. The van der Waals surface area contributed by atoms with Crippen LogP contribution in [0.3, 0.4) is 0 Å². The first kappa shape index (κ1) is 14.8. The summed E-state index contributed by atoms with van der Waals surface area (Å²) in [7, 11) is 0. The molecule has 3 heterocycles. The van der Waals surface area contributed by atoms with Gasteiger partial charge in [0.25, 0.3) is 5.56 Å². The van der Waals surface area contributed by atoms with Crippen molar-refractivity contribution in [1.82, 2.24) is 29.8 Å². The van der Waals surface area contributed by atoms with Crippen molar-refractivity contribution in [2.75, 3.05) is 0 Å². The number of aromatic nitrogens is 6. The van der Waals surface area contributed by atoms with E-state index < -0.39 is 0 Å². The molecular weight excluding hydrogens is 300 g/mol. The summed E-state index contributed by atoms with van der Waals surface area (Å²) in [5, 5.41) is 13.0. The van der Waals surface area contributed by atoms with Crippen LogP contribution in [0.15, 0.2) is 17.2 Å². The van der Waals surface area contributed by atoms with Gasteiger partial charge in [0, 0.05) is 4.88 Å². The van der Waals surface area contributed by atoms with Crippen LogP contribution >= 0.6 is 11.3 Å². The Labute approximate surface area is 131 Å². The highest BCUT2D eigenvalue weighted by Gasteiger charge is 2.17. The molecule has 0 bridgehead atoms. The van der Waals surface area contributed by atoms with Crippen LogP contribution < -0.4 is 5.56 Å². The predicted octanol–water partition coefficient (Wildman–Crippen LogP) is 1.81. The second-order valence-electron chi connectivity index (χ2n) is 6.13. The van der Waals surface area contributed by atoms with Gasteiger partial charge in [-0.25, -0.2) is 4.98 Å². The largest absolute Gasteiger partial charge is 0.291 e. The first-order valence-corrected chi connectivity index (χ1v) is 7.97. The van der Waals surface area contributed by atoms with Crippen LogP contribution in [0.1, 0.15) is 38.4 Å². The number of tetrazole rings is 1. The van der Waals surface area contributed by atoms with E-state index in [1.54, 1.807) is 22.5 Å². The van der Waals surface area contributed by atoms with Gasteiger partial charge in [-0.05, 0) is 38.5 Å². The van der Waals surface area contributed by atoms with E-state index in [9.17, 15) is 4.79 Å². The molecule has 0 spiro atoms. The zero-order chi connectivity index (χ0) is 15.9. The average Bonchev–Trinajstić information content (AvgIpc) is 3.08. The Balaban J connectivity index is 1.95. The molecule has 0 aliphatic heterocycles. The van der Waals surface area contributed by atoms with Gasteiger partial charge in [-0.3, -0.25) is 9.36 Å². The van der Waals surface area contributed by atoms with E-state index in [1.807, 2.05) is 26.8 Å². The van der Waals surface area contributed by atoms with Crippen LogP contribution in [0.2, 0.25) is 0 Å². The van der Waals surface area contributed by atoms with Gasteiger partial charge in [-0.1, -0.05) is 6.92 Å². The molecule has 0 aliphatic carbocycles. The Morgan fingerprint density at radius 1 is 1.32 bits per heavy atom. The average molecular weight is 318 g/mol. The Morgan fingerprint density at radius 2 is 2.09 bits per heavy atom. The lowest BCUT2D eigenvalue weighted by atomic mass is 10.1. The molecule has 0 saturated carbocycles. The van der Waals surface area contributed by atoms with Crippen LogP contribution in [-0.4, -0.2) is 29.8 Å². The van der Waals surface area contributed by atoms with E-state index in [0.29, 0.717) is 11.2 Å². The quantitative estimate of drug-likeness (QED) is 0.736. The number of nitrogens with zero attached hydrogens (tertiary/aromatic N) is 6. The normalized spacial score (nSPS) is 12.2. The Bertz CT molecular complexity index is 869. The smallest absolute Gasteiger partial charge is 0.262 e. The van der Waals surface area contributed by atoms with Crippen molar-refractivity contribution in [3.63, 3.8) is 0 Å². The Kier molecular flexibility index (Phi) is 3.56. The highest BCUT2D eigenvalue weighted by Crippen LogP contribution is 2.21. The summed E-state index contributed by atoms with van der Waals surface area (Å²) in [6, 6.07) is 1.92. The Hall–Kier alpha value is -2.09. The third kappa shape index (κ3) is 2.66. The van der Waals surface area contributed by atoms with Crippen molar-refractivity contribution in [2.24, 2.45) is 0 Å². The third-order valence-corrected chi connectivity index (χ3v) is 4.47. The van der Waals surface area contributed by atoms with E-state index in [4.69, 9.17) is 0 Å². The molecule has 0 atom stereocenters. The van der Waals surface area contributed by atoms with Crippen molar-refractivity contribution in [2.45, 2.75) is 46.2 Å². The summed E-state index contributed by atoms with van der Waals surface area (Å²) in [4.78, 5) is 20.4. The zero-order valence-electron chi connectivity index (χ0n) is 13.1. The molecule has 8 heteroatoms. The predicted molar refractivity (Wildman–Crippen MR) is 85.2 cm³/mol. The van der Waals surface area contributed by atoms with E-state index in [1.165, 1.54) is 4.57 Å². The summed E-state index contributed by atoms with van der Waals surface area (Å²) in [6.45, 7) is 8.33. The van der Waals surface area contributed by atoms with Crippen LogP contribution in [-0.2, 0) is 18.5 Å². The summed E-state index contributed by atoms with van der Waals surface area (Å²) in [5.41, 5.74) is -0.296. The summed E-state index contributed by atoms with van der Waals surface area (Å²) in [5.74, 6) is 0.504. The van der Waals surface area contributed by atoms with E-state index >= 15 is 0 Å². The standard InChI is InChI=1S/C14H18N6OS/c1-5-9-6-10-12(22-9)15-8-19(13(10)21)7-11-16-18-20(17-11)14(2,3)4/h6,8H,5,7H2,1-4H3. The maximum Gasteiger partial charge on any atom is 0.262 e. The van der Waals surface area contributed by atoms with Crippen molar-refractivity contribution in [3.05, 3.63) is 33.4 Å². The minimum absolute atomic E-state index is 0.0620. The molecule has 0 radical (unpaired) electrons. The zero-order valence-corrected chi connectivity index (χ0v) is 13.9. The molecule has 3 aromatic heterocycles. The van der Waals surface area contributed by atoms with Crippen molar-refractivity contribution < 1.29 is 0 Å². The Morgan fingerprint density at radius 3 is 2.73 bits per heavy atom. The molecule has 0 aromatic carbocycles. The van der Waals surface area contributed by atoms with Gasteiger partial charge >= 0.3 is 0 Å². The SMILES string of the molecule is CCc1cc2c(=O)n(Cc3nnn(C(C)(C)C)n3)cnc2s1. The number of fused-ring (bicyclic) bond motifs is 1. The number of rotatable bonds is 3. The van der Waals surface area contributed by atoms with Crippen LogP contribution in [0.5, 0.6) is 0 Å². The summed E-state index contributed by atoms with van der Waals surface area (Å²) < 4.78 is 1.53. The molecule has 7 nitrogen and oxygen atoms in total. The number of thiophene rings is 1. The molecule has 116 valence electrons. The lowest BCUT2D eigenvalue weighted by molar-refractivity contribution is 0.305. The molecule has 0 N–H and O–H groups in total. The van der Waals surface area contributed by atoms with E-state index in [2.05, 4.69) is 27.3 Å². The minimum atomic E-state index is -0.234. The molecule has 0 saturated heterocycles. The minimum Gasteiger partial charge on any atom is -0.291 e. The number of aryl methyl sites for hydroxylation is 1. The molecule has 22 heavy (non-hydrogen) atoms. The van der Waals surface area contributed by atoms with Crippen LogP contribution in [0, 0.1) is 0 Å². The molecule has 0 amide bonds.